The molecule has 8 heteroatoms. The highest BCUT2D eigenvalue weighted by Crippen LogP contribution is 2.22. The van der Waals surface area contributed by atoms with Crippen LogP contribution in [0.1, 0.15) is 10.4 Å². The molecule has 1 amide bonds. The monoisotopic (exact) mass is 318 g/mol. The molecule has 0 aliphatic heterocycles. The largest absolute Gasteiger partial charge is 0.483 e. The van der Waals surface area contributed by atoms with Crippen molar-refractivity contribution in [1.29, 1.82) is 0 Å². The molecule has 0 saturated heterocycles. The summed E-state index contributed by atoms with van der Waals surface area (Å²) in [6.07, 6.45) is 0.396. The Morgan fingerprint density at radius 3 is 2.74 bits per heavy atom. The van der Waals surface area contributed by atoms with Gasteiger partial charge in [-0.2, -0.15) is 0 Å². The molecule has 0 saturated carbocycles. The van der Waals surface area contributed by atoms with E-state index in [4.69, 9.17) is 4.74 Å². The first-order chi connectivity index (χ1) is 11.0. The van der Waals surface area contributed by atoms with Gasteiger partial charge in [0.2, 0.25) is 0 Å². The number of nitro groups is 1. The van der Waals surface area contributed by atoms with Gasteiger partial charge in [-0.1, -0.05) is 6.07 Å². The molecule has 2 rings (SSSR count). The summed E-state index contributed by atoms with van der Waals surface area (Å²) in [5.41, 5.74) is -0.0423. The second-order valence-electron chi connectivity index (χ2n) is 4.44. The average Bonchev–Trinajstić information content (AvgIpc) is 2.52. The molecule has 2 aromatic rings. The molecule has 0 aliphatic rings. The summed E-state index contributed by atoms with van der Waals surface area (Å²) < 4.78 is 18.2. The number of nitrogens with zero attached hydrogens (tertiary/aromatic N) is 1. The first kappa shape index (κ1) is 16.1. The number of aldehydes is 1. The zero-order valence-electron chi connectivity index (χ0n) is 11.7. The number of hydrogen-bond acceptors (Lipinski definition) is 5. The van der Waals surface area contributed by atoms with Gasteiger partial charge in [-0.3, -0.25) is 19.7 Å². The second kappa shape index (κ2) is 7.12. The topological polar surface area (TPSA) is 98.5 Å². The molecule has 0 bridgehead atoms. The van der Waals surface area contributed by atoms with Gasteiger partial charge in [0.25, 0.3) is 11.6 Å². The van der Waals surface area contributed by atoms with Gasteiger partial charge in [0.15, 0.2) is 12.9 Å². The van der Waals surface area contributed by atoms with Gasteiger partial charge in [-0.25, -0.2) is 4.39 Å². The molecule has 0 atom stereocenters. The number of amides is 1. The van der Waals surface area contributed by atoms with E-state index in [0.29, 0.717) is 6.29 Å². The van der Waals surface area contributed by atoms with E-state index < -0.39 is 23.3 Å². The maximum absolute atomic E-state index is 13.0. The van der Waals surface area contributed by atoms with Crippen LogP contribution in [0.15, 0.2) is 42.5 Å². The minimum atomic E-state index is -0.645. The Hall–Kier alpha value is -3.29. The Kier molecular flexibility index (Phi) is 4.98. The predicted octanol–water partition coefficient (Wildman–Crippen LogP) is 2.56. The number of hydrogen-bond donors (Lipinski definition) is 1. The van der Waals surface area contributed by atoms with E-state index in [0.717, 1.165) is 18.2 Å². The zero-order valence-corrected chi connectivity index (χ0v) is 11.7. The lowest BCUT2D eigenvalue weighted by Crippen LogP contribution is -2.20. The van der Waals surface area contributed by atoms with E-state index in [2.05, 4.69) is 5.32 Å². The number of carbonyl (C=O) groups excluding carboxylic acids is 2. The molecule has 7 nitrogen and oxygen atoms in total. The third-order valence-electron chi connectivity index (χ3n) is 2.80. The lowest BCUT2D eigenvalue weighted by Gasteiger charge is -2.09. The normalized spacial score (nSPS) is 9.96. The number of carbonyl (C=O) groups is 2. The Morgan fingerprint density at radius 2 is 2.09 bits per heavy atom. The average molecular weight is 318 g/mol. The standard InChI is InChI=1S/C15H11FN2O5/c16-11-2-1-3-12(7-11)17-15(20)9-23-14-5-4-13(18(21)22)6-10(14)8-19/h1-8H,9H2,(H,17,20). The predicted molar refractivity (Wildman–Crippen MR) is 79.0 cm³/mol. The third-order valence-corrected chi connectivity index (χ3v) is 2.80. The fourth-order valence-corrected chi connectivity index (χ4v) is 1.78. The molecule has 23 heavy (non-hydrogen) atoms. The minimum Gasteiger partial charge on any atom is -0.483 e. The van der Waals surface area contributed by atoms with Crippen LogP contribution in [-0.4, -0.2) is 23.7 Å². The molecule has 0 aliphatic carbocycles. The molecule has 2 aromatic carbocycles. The summed E-state index contributed by atoms with van der Waals surface area (Å²) in [7, 11) is 0. The fraction of sp³-hybridized carbons (Fsp3) is 0.0667. The number of rotatable bonds is 6. The Labute approximate surface area is 129 Å². The lowest BCUT2D eigenvalue weighted by atomic mass is 10.2. The summed E-state index contributed by atoms with van der Waals surface area (Å²) in [4.78, 5) is 32.6. The van der Waals surface area contributed by atoms with Gasteiger partial charge in [-0.05, 0) is 24.3 Å². The van der Waals surface area contributed by atoms with E-state index >= 15 is 0 Å². The van der Waals surface area contributed by atoms with Crippen molar-refractivity contribution in [2.45, 2.75) is 0 Å². The second-order valence-corrected chi connectivity index (χ2v) is 4.44. The maximum Gasteiger partial charge on any atom is 0.270 e. The van der Waals surface area contributed by atoms with Gasteiger partial charge in [-0.15, -0.1) is 0 Å². The number of non-ortho nitro benzene ring substituents is 1. The molecule has 118 valence electrons. The van der Waals surface area contributed by atoms with E-state index in [1.165, 1.54) is 24.3 Å². The van der Waals surface area contributed by atoms with Gasteiger partial charge >= 0.3 is 0 Å². The Balaban J connectivity index is 2.01. The van der Waals surface area contributed by atoms with E-state index in [1.807, 2.05) is 0 Å². The minimum absolute atomic E-state index is 0.0417. The molecule has 0 fully saturated rings. The van der Waals surface area contributed by atoms with Crippen molar-refractivity contribution in [2.75, 3.05) is 11.9 Å². The first-order valence-corrected chi connectivity index (χ1v) is 6.41. The lowest BCUT2D eigenvalue weighted by molar-refractivity contribution is -0.384. The first-order valence-electron chi connectivity index (χ1n) is 6.41. The maximum atomic E-state index is 13.0. The number of nitrogens with one attached hydrogen (secondary N) is 1. The third kappa shape index (κ3) is 4.34. The molecular weight excluding hydrogens is 307 g/mol. The molecule has 0 unspecified atom stereocenters. The number of benzene rings is 2. The van der Waals surface area contributed by atoms with Crippen LogP contribution in [0, 0.1) is 15.9 Å². The highest BCUT2D eigenvalue weighted by atomic mass is 19.1. The summed E-state index contributed by atoms with van der Waals surface area (Å²) in [5.74, 6) is -1.02. The fourth-order valence-electron chi connectivity index (χ4n) is 1.78. The molecule has 0 radical (unpaired) electrons. The van der Waals surface area contributed by atoms with Crippen molar-refractivity contribution in [3.05, 3.63) is 64.0 Å². The summed E-state index contributed by atoms with van der Waals surface area (Å²) in [5, 5.41) is 13.1. The van der Waals surface area contributed by atoms with Gasteiger partial charge in [0.05, 0.1) is 10.5 Å². The number of ether oxygens (including phenoxy) is 1. The van der Waals surface area contributed by atoms with Crippen LogP contribution in [0.25, 0.3) is 0 Å². The van der Waals surface area contributed by atoms with Crippen molar-refractivity contribution in [1.82, 2.24) is 0 Å². The van der Waals surface area contributed by atoms with E-state index in [1.54, 1.807) is 0 Å². The van der Waals surface area contributed by atoms with Crippen LogP contribution in [-0.2, 0) is 4.79 Å². The van der Waals surface area contributed by atoms with Crippen LogP contribution in [0.4, 0.5) is 15.8 Å². The van der Waals surface area contributed by atoms with Crippen LogP contribution < -0.4 is 10.1 Å². The zero-order chi connectivity index (χ0) is 16.8. The van der Waals surface area contributed by atoms with Crippen LogP contribution in [0.3, 0.4) is 0 Å². The van der Waals surface area contributed by atoms with Crippen molar-refractivity contribution >= 4 is 23.6 Å². The summed E-state index contributed by atoms with van der Waals surface area (Å²) >= 11 is 0. The Morgan fingerprint density at radius 1 is 1.30 bits per heavy atom. The molecule has 0 spiro atoms. The van der Waals surface area contributed by atoms with Crippen molar-refractivity contribution < 1.29 is 23.6 Å². The van der Waals surface area contributed by atoms with Gasteiger partial charge in [0.1, 0.15) is 11.6 Å². The Bertz CT molecular complexity index is 763. The van der Waals surface area contributed by atoms with Crippen LogP contribution in [0.5, 0.6) is 5.75 Å². The van der Waals surface area contributed by atoms with Crippen molar-refractivity contribution in [2.24, 2.45) is 0 Å². The number of nitro benzene ring substituents is 1. The van der Waals surface area contributed by atoms with Crippen LogP contribution in [0.2, 0.25) is 0 Å². The highest BCUT2D eigenvalue weighted by molar-refractivity contribution is 5.92. The molecule has 0 heterocycles. The summed E-state index contributed by atoms with van der Waals surface area (Å²) in [6.45, 7) is -0.435. The van der Waals surface area contributed by atoms with E-state index in [9.17, 15) is 24.1 Å². The SMILES string of the molecule is O=Cc1cc([N+](=O)[O-])ccc1OCC(=O)Nc1cccc(F)c1. The summed E-state index contributed by atoms with van der Waals surface area (Å²) in [6, 6.07) is 8.76. The quantitative estimate of drug-likeness (QED) is 0.501. The molecule has 1 N–H and O–H groups in total. The van der Waals surface area contributed by atoms with Crippen molar-refractivity contribution in [3.8, 4) is 5.75 Å². The highest BCUT2D eigenvalue weighted by Gasteiger charge is 2.12. The smallest absolute Gasteiger partial charge is 0.270 e. The van der Waals surface area contributed by atoms with Crippen molar-refractivity contribution in [3.63, 3.8) is 0 Å². The molecular formula is C15H11FN2O5. The van der Waals surface area contributed by atoms with Crippen LogP contribution >= 0.6 is 0 Å². The van der Waals surface area contributed by atoms with Gasteiger partial charge in [0, 0.05) is 17.8 Å². The number of halogens is 1. The van der Waals surface area contributed by atoms with E-state index in [-0.39, 0.29) is 22.7 Å². The molecule has 0 aromatic heterocycles. The number of anilines is 1. The van der Waals surface area contributed by atoms with Gasteiger partial charge < -0.3 is 10.1 Å².